The molecule has 1 aromatic heterocycles. The average molecular weight is 205 g/mol. The van der Waals surface area contributed by atoms with E-state index in [4.69, 9.17) is 0 Å². The number of thiophene rings is 1. The van der Waals surface area contributed by atoms with Gasteiger partial charge in [0.15, 0.2) is 0 Å². The molecule has 0 aliphatic heterocycles. The van der Waals surface area contributed by atoms with Crippen molar-refractivity contribution in [1.29, 1.82) is 0 Å². The van der Waals surface area contributed by atoms with Crippen LogP contribution in [0.25, 0.3) is 5.57 Å². The molecule has 1 rings (SSSR count). The molecule has 0 atom stereocenters. The Bertz CT molecular complexity index is 379. The fourth-order valence-electron chi connectivity index (χ4n) is 1.17. The summed E-state index contributed by atoms with van der Waals surface area (Å²) in [5.74, 6) is 0. The van der Waals surface area contributed by atoms with Crippen molar-refractivity contribution < 1.29 is 0 Å². The SMILES string of the molecule is C=N/C=C(\C=C(C)C)c1ccc(C)s1. The molecule has 0 aliphatic rings. The van der Waals surface area contributed by atoms with E-state index >= 15 is 0 Å². The van der Waals surface area contributed by atoms with Gasteiger partial charge >= 0.3 is 0 Å². The minimum atomic E-state index is 1.14. The molecule has 0 fully saturated rings. The smallest absolute Gasteiger partial charge is 0.0360 e. The molecule has 0 saturated carbocycles. The van der Waals surface area contributed by atoms with Crippen molar-refractivity contribution in [3.05, 3.63) is 39.7 Å². The number of rotatable bonds is 3. The summed E-state index contributed by atoms with van der Waals surface area (Å²) in [7, 11) is 0. The van der Waals surface area contributed by atoms with Gasteiger partial charge in [-0.1, -0.05) is 11.6 Å². The van der Waals surface area contributed by atoms with E-state index < -0.39 is 0 Å². The second-order valence-corrected chi connectivity index (χ2v) is 4.69. The maximum Gasteiger partial charge on any atom is 0.0360 e. The van der Waals surface area contributed by atoms with Crippen LogP contribution in [-0.2, 0) is 0 Å². The van der Waals surface area contributed by atoms with Crippen LogP contribution in [0.5, 0.6) is 0 Å². The van der Waals surface area contributed by atoms with Crippen LogP contribution >= 0.6 is 11.3 Å². The van der Waals surface area contributed by atoms with Gasteiger partial charge in [0.25, 0.3) is 0 Å². The highest BCUT2D eigenvalue weighted by Gasteiger charge is 2.00. The maximum atomic E-state index is 3.82. The Morgan fingerprint density at radius 3 is 2.57 bits per heavy atom. The van der Waals surface area contributed by atoms with Crippen molar-refractivity contribution in [2.75, 3.05) is 0 Å². The Kier molecular flexibility index (Phi) is 3.84. The maximum absolute atomic E-state index is 3.82. The Hall–Kier alpha value is -1.15. The summed E-state index contributed by atoms with van der Waals surface area (Å²) in [6, 6.07) is 4.24. The van der Waals surface area contributed by atoms with Gasteiger partial charge in [-0.05, 0) is 39.6 Å². The highest BCUT2D eigenvalue weighted by Crippen LogP contribution is 2.25. The molecule has 2 heteroatoms. The fraction of sp³-hybridized carbons (Fsp3) is 0.250. The zero-order valence-corrected chi connectivity index (χ0v) is 9.69. The number of aryl methyl sites for hydroxylation is 1. The minimum Gasteiger partial charge on any atom is -0.272 e. The highest BCUT2D eigenvalue weighted by atomic mass is 32.1. The lowest BCUT2D eigenvalue weighted by atomic mass is 10.1. The molecule has 0 aliphatic carbocycles. The first kappa shape index (κ1) is 10.9. The van der Waals surface area contributed by atoms with Gasteiger partial charge in [-0.25, -0.2) is 0 Å². The van der Waals surface area contributed by atoms with Crippen LogP contribution in [0.15, 0.2) is 35.0 Å². The van der Waals surface area contributed by atoms with Gasteiger partial charge in [-0.2, -0.15) is 0 Å². The Morgan fingerprint density at radius 1 is 1.43 bits per heavy atom. The number of hydrogen-bond donors (Lipinski definition) is 0. The number of nitrogens with zero attached hydrogens (tertiary/aromatic N) is 1. The van der Waals surface area contributed by atoms with Crippen LogP contribution in [0.3, 0.4) is 0 Å². The zero-order valence-electron chi connectivity index (χ0n) is 8.87. The molecule has 74 valence electrons. The topological polar surface area (TPSA) is 12.4 Å². The molecule has 1 nitrogen and oxygen atoms in total. The summed E-state index contributed by atoms with van der Waals surface area (Å²) in [4.78, 5) is 6.39. The molecule has 0 bridgehead atoms. The minimum absolute atomic E-state index is 1.14. The van der Waals surface area contributed by atoms with E-state index in [1.807, 2.05) is 0 Å². The van der Waals surface area contributed by atoms with E-state index in [1.165, 1.54) is 15.3 Å². The monoisotopic (exact) mass is 205 g/mol. The third-order valence-corrected chi connectivity index (χ3v) is 2.75. The molecule has 14 heavy (non-hydrogen) atoms. The normalized spacial score (nSPS) is 11.2. The van der Waals surface area contributed by atoms with E-state index in [2.05, 4.69) is 50.7 Å². The van der Waals surface area contributed by atoms with Crippen LogP contribution in [-0.4, -0.2) is 6.72 Å². The summed E-state index contributed by atoms with van der Waals surface area (Å²) >= 11 is 1.78. The van der Waals surface area contributed by atoms with Crippen molar-refractivity contribution >= 4 is 23.6 Å². The molecular formula is C12H15NS. The Labute approximate surface area is 89.5 Å². The van der Waals surface area contributed by atoms with Crippen LogP contribution in [0.4, 0.5) is 0 Å². The van der Waals surface area contributed by atoms with Crippen molar-refractivity contribution in [3.8, 4) is 0 Å². The Balaban J connectivity index is 3.07. The van der Waals surface area contributed by atoms with Crippen molar-refractivity contribution in [2.45, 2.75) is 20.8 Å². The predicted molar refractivity (Wildman–Crippen MR) is 66.0 cm³/mol. The molecule has 0 unspecified atom stereocenters. The van der Waals surface area contributed by atoms with Crippen molar-refractivity contribution in [2.24, 2.45) is 4.99 Å². The molecule has 1 heterocycles. The summed E-state index contributed by atoms with van der Waals surface area (Å²) < 4.78 is 0. The number of allylic oxidation sites excluding steroid dienone is 3. The lowest BCUT2D eigenvalue weighted by Crippen LogP contribution is -1.75. The second kappa shape index (κ2) is 4.91. The van der Waals surface area contributed by atoms with E-state index in [0.717, 1.165) is 5.57 Å². The highest BCUT2D eigenvalue weighted by molar-refractivity contribution is 7.13. The molecule has 0 aromatic carbocycles. The van der Waals surface area contributed by atoms with E-state index in [9.17, 15) is 0 Å². The summed E-state index contributed by atoms with van der Waals surface area (Å²) in [5.41, 5.74) is 2.41. The summed E-state index contributed by atoms with van der Waals surface area (Å²) in [5, 5.41) is 0. The zero-order chi connectivity index (χ0) is 10.6. The van der Waals surface area contributed by atoms with Crippen LogP contribution in [0.2, 0.25) is 0 Å². The first-order chi connectivity index (χ1) is 6.63. The third kappa shape index (κ3) is 2.96. The van der Waals surface area contributed by atoms with Gasteiger partial charge in [0.1, 0.15) is 0 Å². The van der Waals surface area contributed by atoms with E-state index in [0.29, 0.717) is 0 Å². The first-order valence-corrected chi connectivity index (χ1v) is 5.33. The van der Waals surface area contributed by atoms with Gasteiger partial charge < -0.3 is 0 Å². The van der Waals surface area contributed by atoms with E-state index in [1.54, 1.807) is 17.5 Å². The number of aliphatic imine (C=N–C) groups is 1. The van der Waals surface area contributed by atoms with Crippen molar-refractivity contribution in [1.82, 2.24) is 0 Å². The largest absolute Gasteiger partial charge is 0.272 e. The van der Waals surface area contributed by atoms with Gasteiger partial charge in [0.05, 0.1) is 0 Å². The van der Waals surface area contributed by atoms with E-state index in [-0.39, 0.29) is 0 Å². The molecule has 0 radical (unpaired) electrons. The van der Waals surface area contributed by atoms with Crippen LogP contribution in [0.1, 0.15) is 23.6 Å². The van der Waals surface area contributed by atoms with Gasteiger partial charge in [0.2, 0.25) is 0 Å². The number of hydrogen-bond acceptors (Lipinski definition) is 2. The molecular weight excluding hydrogens is 190 g/mol. The third-order valence-electron chi connectivity index (χ3n) is 1.70. The van der Waals surface area contributed by atoms with Crippen LogP contribution < -0.4 is 0 Å². The van der Waals surface area contributed by atoms with Crippen LogP contribution in [0, 0.1) is 6.92 Å². The van der Waals surface area contributed by atoms with Crippen molar-refractivity contribution in [3.63, 3.8) is 0 Å². The fourth-order valence-corrected chi connectivity index (χ4v) is 2.02. The summed E-state index contributed by atoms with van der Waals surface area (Å²) in [6.07, 6.45) is 3.93. The molecule has 0 N–H and O–H groups in total. The lowest BCUT2D eigenvalue weighted by Gasteiger charge is -1.97. The molecule has 0 amide bonds. The van der Waals surface area contributed by atoms with Gasteiger partial charge in [-0.15, -0.1) is 11.3 Å². The molecule has 1 aromatic rings. The molecule has 0 saturated heterocycles. The predicted octanol–water partition coefficient (Wildman–Crippen LogP) is 4.06. The quantitative estimate of drug-likeness (QED) is 0.521. The summed E-state index contributed by atoms with van der Waals surface area (Å²) in [6.45, 7) is 9.76. The Morgan fingerprint density at radius 2 is 2.14 bits per heavy atom. The lowest BCUT2D eigenvalue weighted by molar-refractivity contribution is 1.39. The standard InChI is InChI=1S/C12H15NS/c1-9(2)7-11(8-13-4)12-6-5-10(3)14-12/h5-8H,4H2,1-3H3/b11-8+. The second-order valence-electron chi connectivity index (χ2n) is 3.40. The van der Waals surface area contributed by atoms with Gasteiger partial charge in [-0.3, -0.25) is 4.99 Å². The molecule has 0 spiro atoms. The average Bonchev–Trinajstić information content (AvgIpc) is 2.50. The first-order valence-electron chi connectivity index (χ1n) is 4.51. The van der Waals surface area contributed by atoms with Gasteiger partial charge in [0, 0.05) is 21.5 Å².